The van der Waals surface area contributed by atoms with Gasteiger partial charge in [-0.1, -0.05) is 39.7 Å². The lowest BCUT2D eigenvalue weighted by Gasteiger charge is -2.03. The third-order valence-electron chi connectivity index (χ3n) is 2.24. The summed E-state index contributed by atoms with van der Waals surface area (Å²) in [5, 5.41) is 3.39. The van der Waals surface area contributed by atoms with Gasteiger partial charge < -0.3 is 5.32 Å². The molecule has 17 heavy (non-hydrogen) atoms. The maximum absolute atomic E-state index is 5.98. The summed E-state index contributed by atoms with van der Waals surface area (Å²) >= 11 is 14.4. The second-order valence-corrected chi connectivity index (χ2v) is 7.07. The van der Waals surface area contributed by atoms with Gasteiger partial charge in [-0.2, -0.15) is 0 Å². The third kappa shape index (κ3) is 4.07. The molecule has 0 amide bonds. The van der Waals surface area contributed by atoms with Crippen molar-refractivity contribution in [1.29, 1.82) is 0 Å². The zero-order valence-corrected chi connectivity index (χ0v) is 13.6. The minimum atomic E-state index is 0.811. The lowest BCUT2D eigenvalue weighted by molar-refractivity contribution is 0.701. The van der Waals surface area contributed by atoms with Crippen LogP contribution >= 0.6 is 54.8 Å². The normalized spacial score (nSPS) is 10.8. The molecule has 90 valence electrons. The van der Waals surface area contributed by atoms with Crippen LogP contribution in [-0.4, -0.2) is 0 Å². The molecule has 5 heteroatoms. The van der Waals surface area contributed by atoms with Crippen molar-refractivity contribution >= 4 is 54.8 Å². The molecule has 0 fully saturated rings. The van der Waals surface area contributed by atoms with Gasteiger partial charge in [-0.25, -0.2) is 0 Å². The highest BCUT2D eigenvalue weighted by Gasteiger charge is 2.03. The Hall–Kier alpha value is 0.130. The molecule has 2 aromatic rings. The maximum Gasteiger partial charge on any atom is 0.107 e. The van der Waals surface area contributed by atoms with E-state index in [1.807, 2.05) is 0 Å². The lowest BCUT2D eigenvalue weighted by atomic mass is 10.2. The third-order valence-corrected chi connectivity index (χ3v) is 5.24. The molecule has 1 nitrogen and oxygen atoms in total. The van der Waals surface area contributed by atoms with E-state index in [0.717, 1.165) is 26.4 Å². The number of thiophene rings is 1. The van der Waals surface area contributed by atoms with Gasteiger partial charge in [0.05, 0.1) is 0 Å². The first kappa shape index (κ1) is 13.6. The van der Waals surface area contributed by atoms with Crippen LogP contribution in [0.3, 0.4) is 0 Å². The molecule has 0 radical (unpaired) electrons. The summed E-state index contributed by atoms with van der Waals surface area (Å²) in [6.07, 6.45) is 0. The average Bonchev–Trinajstić information content (AvgIpc) is 2.61. The topological polar surface area (TPSA) is 12.0 Å². The van der Waals surface area contributed by atoms with E-state index in [0.29, 0.717) is 0 Å². The molecule has 0 saturated carbocycles. The number of hydrogen-bond donors (Lipinski definition) is 1. The molecule has 0 spiro atoms. The van der Waals surface area contributed by atoms with Crippen molar-refractivity contribution in [2.75, 3.05) is 0 Å². The highest BCUT2D eigenvalue weighted by molar-refractivity contribution is 9.10. The molecular formula is C12H10Br2ClNS. The summed E-state index contributed by atoms with van der Waals surface area (Å²) in [6.45, 7) is 1.70. The van der Waals surface area contributed by atoms with E-state index >= 15 is 0 Å². The number of rotatable bonds is 4. The fourth-order valence-electron chi connectivity index (χ4n) is 1.41. The van der Waals surface area contributed by atoms with E-state index in [1.54, 1.807) is 11.3 Å². The van der Waals surface area contributed by atoms with E-state index in [1.165, 1.54) is 10.4 Å². The molecule has 2 rings (SSSR count). The van der Waals surface area contributed by atoms with Gasteiger partial charge in [0.15, 0.2) is 0 Å². The predicted molar refractivity (Wildman–Crippen MR) is 81.7 cm³/mol. The molecule has 1 aromatic heterocycles. The number of nitrogens with one attached hydrogen (secondary N) is 1. The van der Waals surface area contributed by atoms with Gasteiger partial charge in [0, 0.05) is 26.9 Å². The molecule has 1 heterocycles. The molecule has 0 bridgehead atoms. The van der Waals surface area contributed by atoms with E-state index < -0.39 is 0 Å². The largest absolute Gasteiger partial charge is 0.308 e. The summed E-state index contributed by atoms with van der Waals surface area (Å²) in [5.74, 6) is 0. The summed E-state index contributed by atoms with van der Waals surface area (Å²) in [5.41, 5.74) is 1.27. The minimum Gasteiger partial charge on any atom is -0.308 e. The zero-order valence-electron chi connectivity index (χ0n) is 8.84. The fraction of sp³-hybridized carbons (Fsp3) is 0.167. The van der Waals surface area contributed by atoms with Gasteiger partial charge in [-0.3, -0.25) is 0 Å². The predicted octanol–water partition coefficient (Wildman–Crippen LogP) is 5.22. The second-order valence-electron chi connectivity index (χ2n) is 3.56. The minimum absolute atomic E-state index is 0.811. The van der Waals surface area contributed by atoms with Crippen LogP contribution < -0.4 is 5.32 Å². The molecule has 0 saturated heterocycles. The fourth-order valence-corrected chi connectivity index (χ4v) is 3.44. The van der Waals surface area contributed by atoms with Crippen LogP contribution in [-0.2, 0) is 13.1 Å². The van der Waals surface area contributed by atoms with Gasteiger partial charge in [0.1, 0.15) is 4.34 Å². The Morgan fingerprint density at radius 2 is 1.82 bits per heavy atom. The van der Waals surface area contributed by atoms with Crippen molar-refractivity contribution in [3.63, 3.8) is 0 Å². The van der Waals surface area contributed by atoms with Crippen molar-refractivity contribution < 1.29 is 0 Å². The molecule has 0 aliphatic rings. The Morgan fingerprint density at radius 3 is 2.41 bits per heavy atom. The van der Waals surface area contributed by atoms with Crippen molar-refractivity contribution in [2.45, 2.75) is 13.1 Å². The Morgan fingerprint density at radius 1 is 1.12 bits per heavy atom. The molecule has 0 atom stereocenters. The molecular weight excluding hydrogens is 385 g/mol. The van der Waals surface area contributed by atoms with Crippen LogP contribution in [0.2, 0.25) is 4.34 Å². The van der Waals surface area contributed by atoms with Gasteiger partial charge in [0.2, 0.25) is 0 Å². The number of benzene rings is 1. The molecule has 0 aliphatic heterocycles. The van der Waals surface area contributed by atoms with E-state index in [4.69, 9.17) is 11.6 Å². The smallest absolute Gasteiger partial charge is 0.107 e. The lowest BCUT2D eigenvalue weighted by Crippen LogP contribution is -2.11. The summed E-state index contributed by atoms with van der Waals surface area (Å²) < 4.78 is 2.89. The van der Waals surface area contributed by atoms with Crippen LogP contribution in [0.1, 0.15) is 10.4 Å². The van der Waals surface area contributed by atoms with Gasteiger partial charge >= 0.3 is 0 Å². The molecule has 0 aliphatic carbocycles. The molecule has 0 unspecified atom stereocenters. The maximum atomic E-state index is 5.98. The standard InChI is InChI=1S/C12H10Br2ClNS/c13-9-3-1-8(2-4-9)6-16-7-10-5-11(14)12(15)17-10/h1-5,16H,6-7H2. The van der Waals surface area contributed by atoms with Gasteiger partial charge in [0.25, 0.3) is 0 Å². The molecule has 1 aromatic carbocycles. The van der Waals surface area contributed by atoms with Crippen LogP contribution in [0.4, 0.5) is 0 Å². The highest BCUT2D eigenvalue weighted by atomic mass is 79.9. The molecule has 1 N–H and O–H groups in total. The SMILES string of the molecule is Clc1sc(CNCc2ccc(Br)cc2)cc1Br. The van der Waals surface area contributed by atoms with Crippen molar-refractivity contribution in [3.8, 4) is 0 Å². The Kier molecular flexibility index (Phi) is 5.06. The van der Waals surface area contributed by atoms with Crippen LogP contribution in [0, 0.1) is 0 Å². The van der Waals surface area contributed by atoms with Crippen LogP contribution in [0.15, 0.2) is 39.3 Å². The monoisotopic (exact) mass is 393 g/mol. The quantitative estimate of drug-likeness (QED) is 0.749. The summed E-state index contributed by atoms with van der Waals surface area (Å²) in [4.78, 5) is 1.24. The Labute approximate surface area is 126 Å². The second kappa shape index (κ2) is 6.34. The van der Waals surface area contributed by atoms with Crippen molar-refractivity contribution in [3.05, 3.63) is 54.1 Å². The van der Waals surface area contributed by atoms with Crippen LogP contribution in [0.25, 0.3) is 0 Å². The van der Waals surface area contributed by atoms with Crippen molar-refractivity contribution in [2.24, 2.45) is 0 Å². The summed E-state index contributed by atoms with van der Waals surface area (Å²) in [6, 6.07) is 10.4. The van der Waals surface area contributed by atoms with E-state index in [2.05, 4.69) is 67.5 Å². The average molecular weight is 396 g/mol. The van der Waals surface area contributed by atoms with Gasteiger partial charge in [-0.15, -0.1) is 11.3 Å². The summed E-state index contributed by atoms with van der Waals surface area (Å²) in [7, 11) is 0. The number of halogens is 3. The van der Waals surface area contributed by atoms with E-state index in [9.17, 15) is 0 Å². The first-order chi connectivity index (χ1) is 8.15. The van der Waals surface area contributed by atoms with Crippen LogP contribution in [0.5, 0.6) is 0 Å². The van der Waals surface area contributed by atoms with E-state index in [-0.39, 0.29) is 0 Å². The van der Waals surface area contributed by atoms with Crippen molar-refractivity contribution in [1.82, 2.24) is 5.32 Å². The highest BCUT2D eigenvalue weighted by Crippen LogP contribution is 2.31. The Bertz CT molecular complexity index is 476. The van der Waals surface area contributed by atoms with Gasteiger partial charge in [-0.05, 0) is 39.7 Å². The first-order valence-corrected chi connectivity index (χ1v) is 7.82. The number of hydrogen-bond acceptors (Lipinski definition) is 2. The zero-order chi connectivity index (χ0) is 12.3. The first-order valence-electron chi connectivity index (χ1n) is 5.04. The Balaban J connectivity index is 1.85.